The van der Waals surface area contributed by atoms with Crippen LogP contribution in [0, 0.1) is 6.92 Å². The van der Waals surface area contributed by atoms with Crippen molar-refractivity contribution in [2.45, 2.75) is 13.8 Å². The van der Waals surface area contributed by atoms with Crippen molar-refractivity contribution in [2.24, 2.45) is 0 Å². The molecule has 0 aromatic carbocycles. The van der Waals surface area contributed by atoms with Crippen molar-refractivity contribution < 1.29 is 9.53 Å². The van der Waals surface area contributed by atoms with Crippen LogP contribution in [-0.4, -0.2) is 27.8 Å². The minimum Gasteiger partial charge on any atom is -0.461 e. The molecule has 0 saturated heterocycles. The minimum absolute atomic E-state index is 0.0376. The molecular formula is C13H12Cl2N4O2. The summed E-state index contributed by atoms with van der Waals surface area (Å²) < 4.78 is 4.92. The van der Waals surface area contributed by atoms with E-state index >= 15 is 0 Å². The maximum atomic E-state index is 11.8. The largest absolute Gasteiger partial charge is 0.461 e. The molecule has 0 aliphatic heterocycles. The molecule has 0 unspecified atom stereocenters. The highest BCUT2D eigenvalue weighted by molar-refractivity contribution is 6.31. The van der Waals surface area contributed by atoms with Crippen molar-refractivity contribution in [3.63, 3.8) is 0 Å². The Labute approximate surface area is 131 Å². The number of carbonyl (C=O) groups is 1. The third-order valence-electron chi connectivity index (χ3n) is 2.52. The lowest BCUT2D eigenvalue weighted by atomic mass is 10.3. The number of rotatable bonds is 4. The number of aryl methyl sites for hydroxylation is 1. The SMILES string of the molecule is CCOC(=O)c1nnc(Cl)cc1Nc1ccc(Cl)c(C)n1. The molecule has 2 heterocycles. The van der Waals surface area contributed by atoms with Crippen LogP contribution in [-0.2, 0) is 4.74 Å². The number of esters is 1. The van der Waals surface area contributed by atoms with E-state index in [1.54, 1.807) is 26.0 Å². The van der Waals surface area contributed by atoms with Gasteiger partial charge in [0.05, 0.1) is 23.0 Å². The van der Waals surface area contributed by atoms with Crippen LogP contribution in [0.1, 0.15) is 23.1 Å². The predicted octanol–water partition coefficient (Wildman–Crippen LogP) is 3.41. The first-order valence-corrected chi connectivity index (χ1v) is 6.87. The molecule has 2 aromatic rings. The van der Waals surface area contributed by atoms with Gasteiger partial charge >= 0.3 is 5.97 Å². The quantitative estimate of drug-likeness (QED) is 0.867. The molecular weight excluding hydrogens is 315 g/mol. The summed E-state index contributed by atoms with van der Waals surface area (Å²) in [7, 11) is 0. The number of pyridine rings is 1. The smallest absolute Gasteiger partial charge is 0.361 e. The van der Waals surface area contributed by atoms with Gasteiger partial charge in [-0.3, -0.25) is 0 Å². The fourth-order valence-corrected chi connectivity index (χ4v) is 1.82. The number of hydrogen-bond acceptors (Lipinski definition) is 6. The highest BCUT2D eigenvalue weighted by Gasteiger charge is 2.17. The number of ether oxygens (including phenoxy) is 1. The Balaban J connectivity index is 2.35. The molecule has 8 heteroatoms. The van der Waals surface area contributed by atoms with Gasteiger partial charge in [-0.1, -0.05) is 23.2 Å². The van der Waals surface area contributed by atoms with Crippen molar-refractivity contribution in [2.75, 3.05) is 11.9 Å². The number of aromatic nitrogens is 3. The van der Waals surface area contributed by atoms with Gasteiger partial charge in [0.1, 0.15) is 5.82 Å². The summed E-state index contributed by atoms with van der Waals surface area (Å²) in [5, 5.41) is 11.1. The molecule has 0 aliphatic carbocycles. The normalized spacial score (nSPS) is 10.3. The van der Waals surface area contributed by atoms with E-state index in [0.717, 1.165) is 0 Å². The third-order valence-corrected chi connectivity index (χ3v) is 3.10. The molecule has 0 aliphatic rings. The average molecular weight is 327 g/mol. The van der Waals surface area contributed by atoms with Gasteiger partial charge in [-0.2, -0.15) is 0 Å². The van der Waals surface area contributed by atoms with Gasteiger partial charge in [0.15, 0.2) is 10.8 Å². The Morgan fingerprint density at radius 2 is 2.10 bits per heavy atom. The Morgan fingerprint density at radius 3 is 2.76 bits per heavy atom. The van der Waals surface area contributed by atoms with Crippen LogP contribution in [0.2, 0.25) is 10.2 Å². The molecule has 2 rings (SSSR count). The number of carbonyl (C=O) groups excluding carboxylic acids is 1. The molecule has 0 radical (unpaired) electrons. The first kappa shape index (κ1) is 15.5. The predicted molar refractivity (Wildman–Crippen MR) is 80.3 cm³/mol. The van der Waals surface area contributed by atoms with Crippen LogP contribution < -0.4 is 5.32 Å². The standard InChI is InChI=1S/C13H12Cl2N4O2/c1-3-21-13(20)12-9(6-10(15)18-19-12)17-11-5-4-8(14)7(2)16-11/h4-6H,3H2,1-2H3,(H,16,17,18). The lowest BCUT2D eigenvalue weighted by Crippen LogP contribution is -2.12. The zero-order valence-corrected chi connectivity index (χ0v) is 12.9. The summed E-state index contributed by atoms with van der Waals surface area (Å²) in [6.45, 7) is 3.72. The topological polar surface area (TPSA) is 77.0 Å². The molecule has 1 N–H and O–H groups in total. The van der Waals surface area contributed by atoms with E-state index in [2.05, 4.69) is 20.5 Å². The summed E-state index contributed by atoms with van der Waals surface area (Å²) in [5.74, 6) is -0.0821. The third kappa shape index (κ3) is 3.80. The van der Waals surface area contributed by atoms with Gasteiger partial charge in [-0.25, -0.2) is 9.78 Å². The number of nitrogens with one attached hydrogen (secondary N) is 1. The molecule has 6 nitrogen and oxygen atoms in total. The summed E-state index contributed by atoms with van der Waals surface area (Å²) >= 11 is 11.7. The Bertz CT molecular complexity index is 679. The fraction of sp³-hybridized carbons (Fsp3) is 0.231. The van der Waals surface area contributed by atoms with Crippen molar-refractivity contribution >= 4 is 40.7 Å². The highest BCUT2D eigenvalue weighted by Crippen LogP contribution is 2.23. The molecule has 2 aromatic heterocycles. The van der Waals surface area contributed by atoms with Gasteiger partial charge in [-0.05, 0) is 26.0 Å². The Morgan fingerprint density at radius 1 is 1.33 bits per heavy atom. The lowest BCUT2D eigenvalue weighted by molar-refractivity contribution is 0.0519. The van der Waals surface area contributed by atoms with Gasteiger partial charge < -0.3 is 10.1 Å². The molecule has 0 spiro atoms. The van der Waals surface area contributed by atoms with E-state index in [4.69, 9.17) is 27.9 Å². The maximum absolute atomic E-state index is 11.8. The summed E-state index contributed by atoms with van der Waals surface area (Å²) in [6.07, 6.45) is 0. The monoisotopic (exact) mass is 326 g/mol. The summed E-state index contributed by atoms with van der Waals surface area (Å²) in [5.41, 5.74) is 1.06. The van der Waals surface area contributed by atoms with E-state index in [9.17, 15) is 4.79 Å². The second kappa shape index (κ2) is 6.69. The first-order chi connectivity index (χ1) is 10.0. The molecule has 0 amide bonds. The Hall–Kier alpha value is -1.92. The summed E-state index contributed by atoms with van der Waals surface area (Å²) in [6, 6.07) is 4.86. The summed E-state index contributed by atoms with van der Waals surface area (Å²) in [4.78, 5) is 16.1. The van der Waals surface area contributed by atoms with Crippen LogP contribution in [0.5, 0.6) is 0 Å². The van der Waals surface area contributed by atoms with Crippen LogP contribution in [0.25, 0.3) is 0 Å². The van der Waals surface area contributed by atoms with E-state index in [-0.39, 0.29) is 17.5 Å². The van der Waals surface area contributed by atoms with Gasteiger partial charge in [-0.15, -0.1) is 10.2 Å². The van der Waals surface area contributed by atoms with E-state index in [1.807, 2.05) is 0 Å². The van der Waals surface area contributed by atoms with Crippen LogP contribution in [0.15, 0.2) is 18.2 Å². The molecule has 0 saturated carbocycles. The highest BCUT2D eigenvalue weighted by atomic mass is 35.5. The Kier molecular flexibility index (Phi) is 4.93. The average Bonchev–Trinajstić information content (AvgIpc) is 2.43. The number of nitrogens with zero attached hydrogens (tertiary/aromatic N) is 3. The van der Waals surface area contributed by atoms with Gasteiger partial charge in [0.2, 0.25) is 0 Å². The van der Waals surface area contributed by atoms with Crippen LogP contribution in [0.4, 0.5) is 11.5 Å². The fourth-order valence-electron chi connectivity index (χ4n) is 1.57. The minimum atomic E-state index is -0.588. The van der Waals surface area contributed by atoms with Crippen LogP contribution >= 0.6 is 23.2 Å². The molecule has 0 atom stereocenters. The molecule has 110 valence electrons. The zero-order chi connectivity index (χ0) is 15.4. The number of halogens is 2. The second-order valence-corrected chi connectivity index (χ2v) is 4.83. The van der Waals surface area contributed by atoms with E-state index < -0.39 is 5.97 Å². The van der Waals surface area contributed by atoms with Gasteiger partial charge in [0.25, 0.3) is 0 Å². The molecule has 21 heavy (non-hydrogen) atoms. The first-order valence-electron chi connectivity index (χ1n) is 6.11. The van der Waals surface area contributed by atoms with Crippen molar-refractivity contribution in [1.29, 1.82) is 0 Å². The van der Waals surface area contributed by atoms with Crippen molar-refractivity contribution in [3.05, 3.63) is 39.8 Å². The van der Waals surface area contributed by atoms with E-state index in [0.29, 0.717) is 22.2 Å². The second-order valence-electron chi connectivity index (χ2n) is 4.04. The van der Waals surface area contributed by atoms with E-state index in [1.165, 1.54) is 6.07 Å². The van der Waals surface area contributed by atoms with Crippen molar-refractivity contribution in [1.82, 2.24) is 15.2 Å². The number of anilines is 2. The number of hydrogen-bond donors (Lipinski definition) is 1. The molecule has 0 fully saturated rings. The van der Waals surface area contributed by atoms with Gasteiger partial charge in [0, 0.05) is 6.07 Å². The van der Waals surface area contributed by atoms with Crippen LogP contribution in [0.3, 0.4) is 0 Å². The molecule has 0 bridgehead atoms. The zero-order valence-electron chi connectivity index (χ0n) is 11.4. The maximum Gasteiger partial charge on any atom is 0.361 e. The van der Waals surface area contributed by atoms with Crippen molar-refractivity contribution in [3.8, 4) is 0 Å². The lowest BCUT2D eigenvalue weighted by Gasteiger charge is -2.10.